The predicted molar refractivity (Wildman–Crippen MR) is 124 cm³/mol. The Morgan fingerprint density at radius 2 is 2.00 bits per heavy atom. The molecule has 10 heteroatoms. The van der Waals surface area contributed by atoms with Crippen molar-refractivity contribution in [1.29, 1.82) is 0 Å². The smallest absolute Gasteiger partial charge is 0.315 e. The van der Waals surface area contributed by atoms with Crippen LogP contribution >= 0.6 is 0 Å². The zero-order valence-corrected chi connectivity index (χ0v) is 19.4. The molecule has 1 fully saturated rings. The fraction of sp³-hybridized carbons (Fsp3) is 0.417. The molecule has 0 aliphatic carbocycles. The number of hydrogen-bond acceptors (Lipinski definition) is 7. The van der Waals surface area contributed by atoms with Crippen LogP contribution in [0.5, 0.6) is 0 Å². The summed E-state index contributed by atoms with van der Waals surface area (Å²) in [6.07, 6.45) is 0.729. The number of anilines is 1. The van der Waals surface area contributed by atoms with Crippen LogP contribution in [0.2, 0.25) is 0 Å². The van der Waals surface area contributed by atoms with E-state index >= 15 is 0 Å². The Hall–Kier alpha value is -3.40. The fourth-order valence-corrected chi connectivity index (χ4v) is 3.79. The van der Waals surface area contributed by atoms with Crippen LogP contribution < -0.4 is 15.5 Å². The molecule has 0 radical (unpaired) electrons. The molecule has 0 spiro atoms. The van der Waals surface area contributed by atoms with E-state index in [1.54, 1.807) is 24.5 Å². The van der Waals surface area contributed by atoms with Crippen LogP contribution in [-0.2, 0) is 12.0 Å². The maximum absolute atomic E-state index is 14.0. The first-order valence-electron chi connectivity index (χ1n) is 11.2. The van der Waals surface area contributed by atoms with Crippen molar-refractivity contribution in [2.24, 2.45) is 0 Å². The van der Waals surface area contributed by atoms with E-state index in [1.807, 2.05) is 26.8 Å². The van der Waals surface area contributed by atoms with E-state index in [4.69, 9.17) is 4.52 Å². The fourth-order valence-electron chi connectivity index (χ4n) is 3.79. The second kappa shape index (κ2) is 9.84. The van der Waals surface area contributed by atoms with Gasteiger partial charge < -0.3 is 20.1 Å². The molecule has 1 amide bonds. The zero-order chi connectivity index (χ0) is 24.3. The van der Waals surface area contributed by atoms with Crippen molar-refractivity contribution in [2.45, 2.75) is 39.2 Å². The van der Waals surface area contributed by atoms with Gasteiger partial charge in [0.15, 0.2) is 5.82 Å². The summed E-state index contributed by atoms with van der Waals surface area (Å²) in [5.74, 6) is -0.409. The van der Waals surface area contributed by atoms with Crippen LogP contribution in [0.25, 0.3) is 11.1 Å². The molecule has 1 aliphatic heterocycles. The highest BCUT2D eigenvalue weighted by molar-refractivity contribution is 5.89. The topological polar surface area (TPSA) is 96.2 Å². The number of halogens is 2. The number of pyridine rings is 1. The number of hydrogen-bond donors (Lipinski definition) is 2. The number of carbonyl (C=O) groups excluding carboxylic acids is 1. The van der Waals surface area contributed by atoms with Crippen molar-refractivity contribution < 1.29 is 18.1 Å². The van der Waals surface area contributed by atoms with Gasteiger partial charge in [-0.2, -0.15) is 4.98 Å². The van der Waals surface area contributed by atoms with E-state index < -0.39 is 12.3 Å². The van der Waals surface area contributed by atoms with Gasteiger partial charge in [0.25, 0.3) is 6.43 Å². The number of amides is 1. The van der Waals surface area contributed by atoms with Crippen molar-refractivity contribution in [2.75, 3.05) is 31.1 Å². The van der Waals surface area contributed by atoms with Crippen LogP contribution in [-0.4, -0.2) is 47.2 Å². The number of nitrogens with one attached hydrogen (secondary N) is 2. The van der Waals surface area contributed by atoms with Gasteiger partial charge in [0, 0.05) is 55.5 Å². The third-order valence-electron chi connectivity index (χ3n) is 5.68. The SMILES string of the molecule is CC(C)(C)c1noc(C(=O)NCc2ccc(-c3ccncc3N3CCNCC3)cc2C(F)F)n1. The Labute approximate surface area is 196 Å². The summed E-state index contributed by atoms with van der Waals surface area (Å²) >= 11 is 0. The lowest BCUT2D eigenvalue weighted by molar-refractivity contribution is 0.0905. The van der Waals surface area contributed by atoms with Gasteiger partial charge in [-0.3, -0.25) is 9.78 Å². The number of alkyl halides is 2. The minimum absolute atomic E-state index is 0.0903. The van der Waals surface area contributed by atoms with Crippen LogP contribution in [0.1, 0.15) is 54.8 Å². The van der Waals surface area contributed by atoms with Crippen molar-refractivity contribution in [3.63, 3.8) is 0 Å². The largest absolute Gasteiger partial charge is 0.367 e. The molecule has 0 bridgehead atoms. The molecule has 1 aromatic carbocycles. The van der Waals surface area contributed by atoms with Crippen LogP contribution in [0.3, 0.4) is 0 Å². The summed E-state index contributed by atoms with van der Waals surface area (Å²) in [6.45, 7) is 8.94. The van der Waals surface area contributed by atoms with Gasteiger partial charge in [-0.05, 0) is 23.3 Å². The minimum atomic E-state index is -2.70. The molecule has 8 nitrogen and oxygen atoms in total. The highest BCUT2D eigenvalue weighted by Crippen LogP contribution is 2.34. The lowest BCUT2D eigenvalue weighted by atomic mass is 9.96. The quantitative estimate of drug-likeness (QED) is 0.567. The Morgan fingerprint density at radius 1 is 1.24 bits per heavy atom. The third kappa shape index (κ3) is 5.22. The number of piperazine rings is 1. The van der Waals surface area contributed by atoms with Gasteiger partial charge in [0.2, 0.25) is 0 Å². The molecular weight excluding hydrogens is 442 g/mol. The van der Waals surface area contributed by atoms with E-state index in [-0.39, 0.29) is 23.4 Å². The average molecular weight is 471 g/mol. The molecular formula is C24H28F2N6O2. The van der Waals surface area contributed by atoms with Gasteiger partial charge in [0.05, 0.1) is 11.9 Å². The van der Waals surface area contributed by atoms with Gasteiger partial charge in [0.1, 0.15) is 0 Å². The third-order valence-corrected chi connectivity index (χ3v) is 5.68. The van der Waals surface area contributed by atoms with Crippen molar-refractivity contribution >= 4 is 11.6 Å². The van der Waals surface area contributed by atoms with Gasteiger partial charge in [-0.15, -0.1) is 0 Å². The molecule has 1 saturated heterocycles. The molecule has 0 saturated carbocycles. The normalized spacial score (nSPS) is 14.5. The Balaban J connectivity index is 1.55. The molecule has 2 N–H and O–H groups in total. The van der Waals surface area contributed by atoms with Crippen molar-refractivity contribution in [3.05, 3.63) is 59.5 Å². The standard InChI is InChI=1S/C24H28F2N6O2/c1-24(2,3)23-30-22(34-31-23)21(33)29-13-16-5-4-15(12-18(16)20(25)26)17-6-7-28-14-19(17)32-10-8-27-9-11-32/h4-7,12,14,20,27H,8-11,13H2,1-3H3,(H,29,33). The molecule has 3 heterocycles. The van der Waals surface area contributed by atoms with E-state index in [0.29, 0.717) is 17.0 Å². The molecule has 2 aromatic heterocycles. The van der Waals surface area contributed by atoms with Gasteiger partial charge in [-0.1, -0.05) is 38.1 Å². The average Bonchev–Trinajstić information content (AvgIpc) is 3.34. The van der Waals surface area contributed by atoms with Crippen LogP contribution in [0.15, 0.2) is 41.2 Å². The van der Waals surface area contributed by atoms with Gasteiger partial charge in [-0.25, -0.2) is 8.78 Å². The highest BCUT2D eigenvalue weighted by Gasteiger charge is 2.24. The summed E-state index contributed by atoms with van der Waals surface area (Å²) in [7, 11) is 0. The Bertz CT molecular complexity index is 1150. The van der Waals surface area contributed by atoms with Crippen molar-refractivity contribution in [3.8, 4) is 11.1 Å². The minimum Gasteiger partial charge on any atom is -0.367 e. The highest BCUT2D eigenvalue weighted by atomic mass is 19.3. The molecule has 0 unspecified atom stereocenters. The monoisotopic (exact) mass is 470 g/mol. The number of nitrogens with zero attached hydrogens (tertiary/aromatic N) is 4. The van der Waals surface area contributed by atoms with Crippen LogP contribution in [0, 0.1) is 0 Å². The first kappa shape index (κ1) is 23.7. The predicted octanol–water partition coefficient (Wildman–Crippen LogP) is 3.71. The van der Waals surface area contributed by atoms with Crippen LogP contribution in [0.4, 0.5) is 14.5 Å². The lowest BCUT2D eigenvalue weighted by Crippen LogP contribution is -2.43. The lowest BCUT2D eigenvalue weighted by Gasteiger charge is -2.31. The summed E-state index contributed by atoms with van der Waals surface area (Å²) in [6, 6.07) is 6.73. The second-order valence-electron chi connectivity index (χ2n) is 9.20. The first-order valence-corrected chi connectivity index (χ1v) is 11.2. The number of benzene rings is 1. The Morgan fingerprint density at radius 3 is 2.68 bits per heavy atom. The number of rotatable bonds is 6. The van der Waals surface area contributed by atoms with E-state index in [9.17, 15) is 13.6 Å². The maximum Gasteiger partial charge on any atom is 0.315 e. The summed E-state index contributed by atoms with van der Waals surface area (Å²) in [5.41, 5.74) is 2.23. The molecule has 4 rings (SSSR count). The first-order chi connectivity index (χ1) is 16.2. The van der Waals surface area contributed by atoms with E-state index in [1.165, 1.54) is 6.07 Å². The molecule has 34 heavy (non-hydrogen) atoms. The molecule has 3 aromatic rings. The number of aromatic nitrogens is 3. The van der Waals surface area contributed by atoms with E-state index in [0.717, 1.165) is 37.4 Å². The summed E-state index contributed by atoms with van der Waals surface area (Å²) in [5, 5.41) is 9.73. The summed E-state index contributed by atoms with van der Waals surface area (Å²) in [4.78, 5) is 23.0. The number of carbonyl (C=O) groups is 1. The maximum atomic E-state index is 14.0. The molecule has 180 valence electrons. The molecule has 1 aliphatic rings. The summed E-state index contributed by atoms with van der Waals surface area (Å²) < 4.78 is 33.0. The second-order valence-corrected chi connectivity index (χ2v) is 9.20. The molecule has 0 atom stereocenters. The van der Waals surface area contributed by atoms with Gasteiger partial charge >= 0.3 is 11.8 Å². The Kier molecular flexibility index (Phi) is 6.87. The van der Waals surface area contributed by atoms with Crippen molar-refractivity contribution in [1.82, 2.24) is 25.8 Å². The van der Waals surface area contributed by atoms with E-state index in [2.05, 4.69) is 30.7 Å². The zero-order valence-electron chi connectivity index (χ0n) is 19.4.